The maximum absolute atomic E-state index is 6.05. The summed E-state index contributed by atoms with van der Waals surface area (Å²) in [5.74, 6) is 0.553. The Morgan fingerprint density at radius 3 is 2.75 bits per heavy atom. The third-order valence-corrected chi connectivity index (χ3v) is 2.63. The smallest absolute Gasteiger partial charge is 0.197 e. The fourth-order valence-corrected chi connectivity index (χ4v) is 1.77. The van der Waals surface area contributed by atoms with Gasteiger partial charge in [0.15, 0.2) is 11.1 Å². The average molecular weight is 314 g/mol. The summed E-state index contributed by atoms with van der Waals surface area (Å²) in [6.45, 7) is 6.61. The number of hydrogen-bond acceptors (Lipinski definition) is 3. The lowest BCUT2D eigenvalue weighted by Crippen LogP contribution is -2.50. The molecule has 1 aromatic rings. The highest BCUT2D eigenvalue weighted by Gasteiger charge is 2.12. The molecular weight excluding hydrogens is 294 g/mol. The van der Waals surface area contributed by atoms with E-state index in [0.29, 0.717) is 23.9 Å². The molecule has 0 radical (unpaired) electrons. The SMILES string of the molecule is CC(C)(C)NC(=NCCc1ncccc1Cl)NC(N)=S. The van der Waals surface area contributed by atoms with Gasteiger partial charge in [-0.3, -0.25) is 9.98 Å². The van der Waals surface area contributed by atoms with E-state index in [2.05, 4.69) is 20.6 Å². The van der Waals surface area contributed by atoms with E-state index >= 15 is 0 Å². The number of nitrogens with two attached hydrogens (primary N) is 1. The molecule has 110 valence electrons. The molecule has 0 saturated carbocycles. The summed E-state index contributed by atoms with van der Waals surface area (Å²) in [4.78, 5) is 8.63. The molecule has 0 bridgehead atoms. The zero-order valence-corrected chi connectivity index (χ0v) is 13.5. The summed E-state index contributed by atoms with van der Waals surface area (Å²) in [5.41, 5.74) is 6.17. The minimum Gasteiger partial charge on any atom is -0.376 e. The van der Waals surface area contributed by atoms with E-state index in [4.69, 9.17) is 29.6 Å². The van der Waals surface area contributed by atoms with E-state index in [-0.39, 0.29) is 10.7 Å². The van der Waals surface area contributed by atoms with Crippen LogP contribution in [0, 0.1) is 0 Å². The van der Waals surface area contributed by atoms with Gasteiger partial charge in [-0.25, -0.2) is 0 Å². The van der Waals surface area contributed by atoms with Crippen LogP contribution in [-0.2, 0) is 6.42 Å². The number of halogens is 1. The number of nitrogens with zero attached hydrogens (tertiary/aromatic N) is 2. The van der Waals surface area contributed by atoms with E-state index in [1.165, 1.54) is 0 Å². The minimum atomic E-state index is -0.140. The summed E-state index contributed by atoms with van der Waals surface area (Å²) in [6.07, 6.45) is 2.36. The predicted molar refractivity (Wildman–Crippen MR) is 88.1 cm³/mol. The molecule has 20 heavy (non-hydrogen) atoms. The van der Waals surface area contributed by atoms with Crippen LogP contribution in [0.3, 0.4) is 0 Å². The maximum atomic E-state index is 6.05. The Morgan fingerprint density at radius 1 is 1.50 bits per heavy atom. The van der Waals surface area contributed by atoms with Crippen molar-refractivity contribution in [2.75, 3.05) is 6.54 Å². The second-order valence-electron chi connectivity index (χ2n) is 5.28. The fraction of sp³-hybridized carbons (Fsp3) is 0.462. The molecular formula is C13H20ClN5S. The van der Waals surface area contributed by atoms with Crippen LogP contribution in [0.5, 0.6) is 0 Å². The molecule has 1 rings (SSSR count). The Morgan fingerprint density at radius 2 is 2.20 bits per heavy atom. The van der Waals surface area contributed by atoms with Gasteiger partial charge in [0.05, 0.1) is 10.7 Å². The fourth-order valence-electron chi connectivity index (χ4n) is 1.46. The van der Waals surface area contributed by atoms with Gasteiger partial charge in [-0.15, -0.1) is 0 Å². The third kappa shape index (κ3) is 6.68. The normalized spacial score (nSPS) is 12.1. The third-order valence-electron chi connectivity index (χ3n) is 2.19. The number of rotatable bonds is 3. The van der Waals surface area contributed by atoms with Crippen molar-refractivity contribution in [2.24, 2.45) is 10.7 Å². The van der Waals surface area contributed by atoms with Crippen LogP contribution in [0.2, 0.25) is 5.02 Å². The van der Waals surface area contributed by atoms with Crippen molar-refractivity contribution >= 4 is 34.9 Å². The molecule has 0 aliphatic heterocycles. The number of aliphatic imine (C=N–C) groups is 1. The summed E-state index contributed by atoms with van der Waals surface area (Å²) < 4.78 is 0. The lowest BCUT2D eigenvalue weighted by molar-refractivity contribution is 0.505. The van der Waals surface area contributed by atoms with Crippen molar-refractivity contribution in [1.82, 2.24) is 15.6 Å². The molecule has 7 heteroatoms. The van der Waals surface area contributed by atoms with Crippen LogP contribution in [0.25, 0.3) is 0 Å². The van der Waals surface area contributed by atoms with Crippen LogP contribution in [0.15, 0.2) is 23.3 Å². The van der Waals surface area contributed by atoms with Gasteiger partial charge in [-0.1, -0.05) is 11.6 Å². The van der Waals surface area contributed by atoms with Crippen molar-refractivity contribution in [1.29, 1.82) is 0 Å². The first-order valence-corrected chi connectivity index (χ1v) is 7.05. The first-order chi connectivity index (χ1) is 9.28. The van der Waals surface area contributed by atoms with Gasteiger partial charge in [0, 0.05) is 24.7 Å². The largest absolute Gasteiger partial charge is 0.376 e. The monoisotopic (exact) mass is 313 g/mol. The molecule has 0 spiro atoms. The molecule has 4 N–H and O–H groups in total. The Bertz CT molecular complexity index is 496. The predicted octanol–water partition coefficient (Wildman–Crippen LogP) is 1.85. The molecule has 1 aromatic heterocycles. The van der Waals surface area contributed by atoms with Crippen LogP contribution in [0.4, 0.5) is 0 Å². The topological polar surface area (TPSA) is 75.3 Å². The Labute approximate surface area is 130 Å². The minimum absolute atomic E-state index is 0.140. The van der Waals surface area contributed by atoms with E-state index in [1.54, 1.807) is 12.3 Å². The van der Waals surface area contributed by atoms with Crippen molar-refractivity contribution in [3.63, 3.8) is 0 Å². The van der Waals surface area contributed by atoms with Crippen molar-refractivity contribution in [2.45, 2.75) is 32.7 Å². The number of thiocarbonyl (C=S) groups is 1. The van der Waals surface area contributed by atoms with Crippen LogP contribution < -0.4 is 16.4 Å². The van der Waals surface area contributed by atoms with Gasteiger partial charge in [0.2, 0.25) is 0 Å². The first kappa shape index (κ1) is 16.7. The zero-order valence-electron chi connectivity index (χ0n) is 11.9. The van der Waals surface area contributed by atoms with Gasteiger partial charge < -0.3 is 16.4 Å². The molecule has 0 aromatic carbocycles. The maximum Gasteiger partial charge on any atom is 0.197 e. The molecule has 1 heterocycles. The second kappa shape index (κ2) is 7.40. The lowest BCUT2D eigenvalue weighted by atomic mass is 10.1. The van der Waals surface area contributed by atoms with Crippen LogP contribution in [-0.4, -0.2) is 28.1 Å². The summed E-state index contributed by atoms with van der Waals surface area (Å²) in [6, 6.07) is 3.62. The molecule has 0 saturated heterocycles. The van der Waals surface area contributed by atoms with E-state index < -0.39 is 0 Å². The summed E-state index contributed by atoms with van der Waals surface area (Å²) in [7, 11) is 0. The highest BCUT2D eigenvalue weighted by Crippen LogP contribution is 2.12. The second-order valence-corrected chi connectivity index (χ2v) is 6.12. The molecule has 0 unspecified atom stereocenters. The quantitative estimate of drug-likeness (QED) is 0.451. The highest BCUT2D eigenvalue weighted by molar-refractivity contribution is 7.80. The summed E-state index contributed by atoms with van der Waals surface area (Å²) in [5, 5.41) is 6.86. The zero-order chi connectivity index (χ0) is 15.2. The standard InChI is InChI=1S/C13H20ClN5S/c1-13(2,3)19-12(18-11(15)20)17-8-6-10-9(14)5-4-7-16-10/h4-5,7H,6,8H2,1-3H3,(H4,15,17,18,19,20). The highest BCUT2D eigenvalue weighted by atomic mass is 35.5. The van der Waals surface area contributed by atoms with Crippen molar-refractivity contribution < 1.29 is 0 Å². The van der Waals surface area contributed by atoms with E-state index in [9.17, 15) is 0 Å². The molecule has 0 fully saturated rings. The van der Waals surface area contributed by atoms with Crippen LogP contribution in [0.1, 0.15) is 26.5 Å². The molecule has 0 aliphatic carbocycles. The van der Waals surface area contributed by atoms with Gasteiger partial charge in [-0.2, -0.15) is 0 Å². The van der Waals surface area contributed by atoms with Gasteiger partial charge >= 0.3 is 0 Å². The lowest BCUT2D eigenvalue weighted by Gasteiger charge is -2.23. The number of aromatic nitrogens is 1. The Kier molecular flexibility index (Phi) is 6.16. The van der Waals surface area contributed by atoms with Gasteiger partial charge in [0.25, 0.3) is 0 Å². The Balaban J connectivity index is 2.67. The number of nitrogens with one attached hydrogen (secondary N) is 2. The van der Waals surface area contributed by atoms with Crippen LogP contribution >= 0.6 is 23.8 Å². The summed E-state index contributed by atoms with van der Waals surface area (Å²) >= 11 is 10.9. The number of pyridine rings is 1. The van der Waals surface area contributed by atoms with E-state index in [1.807, 2.05) is 26.8 Å². The molecule has 0 amide bonds. The van der Waals surface area contributed by atoms with Gasteiger partial charge in [0.1, 0.15) is 0 Å². The molecule has 0 atom stereocenters. The number of hydrogen-bond donors (Lipinski definition) is 3. The average Bonchev–Trinajstić information content (AvgIpc) is 2.28. The molecule has 5 nitrogen and oxygen atoms in total. The number of guanidine groups is 1. The van der Waals surface area contributed by atoms with E-state index in [0.717, 1.165) is 5.69 Å². The molecule has 0 aliphatic rings. The van der Waals surface area contributed by atoms with Gasteiger partial charge in [-0.05, 0) is 45.1 Å². The van der Waals surface area contributed by atoms with Crippen molar-refractivity contribution in [3.05, 3.63) is 29.0 Å². The van der Waals surface area contributed by atoms with Crippen molar-refractivity contribution in [3.8, 4) is 0 Å². The Hall–Kier alpha value is -1.40. The first-order valence-electron chi connectivity index (χ1n) is 6.26.